The van der Waals surface area contributed by atoms with Crippen molar-refractivity contribution in [3.8, 4) is 44.5 Å². The van der Waals surface area contributed by atoms with Crippen molar-refractivity contribution in [1.29, 1.82) is 0 Å². The van der Waals surface area contributed by atoms with Crippen molar-refractivity contribution in [3.05, 3.63) is 211 Å². The molecule has 2 aromatic heterocycles. The summed E-state index contributed by atoms with van der Waals surface area (Å²) in [4.78, 5) is 2.36. The summed E-state index contributed by atoms with van der Waals surface area (Å²) in [6.45, 7) is 4.68. The molecule has 1 aliphatic rings. The highest BCUT2D eigenvalue weighted by Gasteiger charge is 2.35. The normalized spacial score (nSPS) is 13.0. The zero-order chi connectivity index (χ0) is 40.0. The third-order valence-corrected chi connectivity index (χ3v) is 12.7. The molecule has 12 rings (SSSR count). The number of hydrogen-bond acceptors (Lipinski definition) is 3. The van der Waals surface area contributed by atoms with E-state index in [9.17, 15) is 0 Å². The molecule has 2 heterocycles. The van der Waals surface area contributed by atoms with E-state index in [0.717, 1.165) is 66.5 Å². The van der Waals surface area contributed by atoms with Crippen LogP contribution in [0.15, 0.2) is 209 Å². The lowest BCUT2D eigenvalue weighted by atomic mass is 9.82. The van der Waals surface area contributed by atoms with E-state index in [1.165, 1.54) is 50.1 Å². The Bertz CT molecular complexity index is 3430. The van der Waals surface area contributed by atoms with Gasteiger partial charge in [0.05, 0.1) is 0 Å². The Morgan fingerprint density at radius 3 is 1.48 bits per heavy atom. The highest BCUT2D eigenvalue weighted by molar-refractivity contribution is 6.15. The van der Waals surface area contributed by atoms with Crippen molar-refractivity contribution in [1.82, 2.24) is 0 Å². The van der Waals surface area contributed by atoms with Gasteiger partial charge in [0.2, 0.25) is 0 Å². The monoisotopic (exact) mass is 769 g/mol. The summed E-state index contributed by atoms with van der Waals surface area (Å²) >= 11 is 0. The predicted octanol–water partition coefficient (Wildman–Crippen LogP) is 16.3. The van der Waals surface area contributed by atoms with E-state index < -0.39 is 0 Å². The largest absolute Gasteiger partial charge is 0.456 e. The van der Waals surface area contributed by atoms with E-state index in [0.29, 0.717) is 0 Å². The summed E-state index contributed by atoms with van der Waals surface area (Å²) in [5.74, 6) is 0. The summed E-state index contributed by atoms with van der Waals surface area (Å²) in [6, 6.07) is 71.9. The molecule has 0 bridgehead atoms. The maximum Gasteiger partial charge on any atom is 0.137 e. The topological polar surface area (TPSA) is 29.5 Å². The minimum absolute atomic E-state index is 0.130. The van der Waals surface area contributed by atoms with Crippen molar-refractivity contribution in [2.45, 2.75) is 19.3 Å². The second-order valence-electron chi connectivity index (χ2n) is 16.5. The van der Waals surface area contributed by atoms with Crippen LogP contribution < -0.4 is 4.90 Å². The fourth-order valence-electron chi connectivity index (χ4n) is 9.55. The fourth-order valence-corrected chi connectivity index (χ4v) is 9.55. The van der Waals surface area contributed by atoms with Crippen LogP contribution in [-0.2, 0) is 5.41 Å². The predicted molar refractivity (Wildman–Crippen MR) is 250 cm³/mol. The quantitative estimate of drug-likeness (QED) is 0.169. The van der Waals surface area contributed by atoms with Gasteiger partial charge in [-0.25, -0.2) is 0 Å². The van der Waals surface area contributed by atoms with Gasteiger partial charge in [-0.2, -0.15) is 0 Å². The lowest BCUT2D eigenvalue weighted by molar-refractivity contribution is 0.660. The molecule has 3 heteroatoms. The third-order valence-electron chi connectivity index (χ3n) is 12.7. The first-order chi connectivity index (χ1) is 29.5. The van der Waals surface area contributed by atoms with Crippen molar-refractivity contribution in [2.75, 3.05) is 4.90 Å². The Morgan fingerprint density at radius 2 is 0.783 bits per heavy atom. The highest BCUT2D eigenvalue weighted by atomic mass is 16.3. The molecule has 1 aliphatic carbocycles. The first-order valence-electron chi connectivity index (χ1n) is 20.6. The van der Waals surface area contributed by atoms with Gasteiger partial charge in [0.15, 0.2) is 0 Å². The number of fused-ring (bicyclic) bond motifs is 9. The molecule has 60 heavy (non-hydrogen) atoms. The van der Waals surface area contributed by atoms with Gasteiger partial charge in [0, 0.05) is 50.1 Å². The van der Waals surface area contributed by atoms with E-state index >= 15 is 0 Å². The third kappa shape index (κ3) is 5.43. The number of furan rings is 2. The molecule has 0 N–H and O–H groups in total. The van der Waals surface area contributed by atoms with Crippen LogP contribution in [-0.4, -0.2) is 0 Å². The summed E-state index contributed by atoms with van der Waals surface area (Å²) in [5.41, 5.74) is 18.9. The summed E-state index contributed by atoms with van der Waals surface area (Å²) in [6.07, 6.45) is 0. The van der Waals surface area contributed by atoms with Crippen LogP contribution in [0.5, 0.6) is 0 Å². The van der Waals surface area contributed by atoms with Gasteiger partial charge in [0.25, 0.3) is 0 Å². The SMILES string of the molecule is CC1(C)c2ccccc2-c2ccc(N(c3ccc(-c4ccc(-c5ccccc5)cc4)cc3)c3ccc4c(c3)oc3cc5c(cc34)oc3ccc(-c4ccccc4)cc35)cc21. The molecule has 284 valence electrons. The molecule has 0 saturated carbocycles. The van der Waals surface area contributed by atoms with Gasteiger partial charge < -0.3 is 13.7 Å². The first kappa shape index (κ1) is 34.4. The van der Waals surface area contributed by atoms with Crippen LogP contribution in [0.3, 0.4) is 0 Å². The van der Waals surface area contributed by atoms with Crippen LogP contribution in [0.1, 0.15) is 25.0 Å². The average Bonchev–Trinajstić information content (AvgIpc) is 3.92. The molecular formula is C57H39NO2. The number of hydrogen-bond donors (Lipinski definition) is 0. The molecule has 0 aliphatic heterocycles. The van der Waals surface area contributed by atoms with Crippen molar-refractivity contribution in [3.63, 3.8) is 0 Å². The molecule has 0 spiro atoms. The van der Waals surface area contributed by atoms with Crippen LogP contribution in [0.4, 0.5) is 17.1 Å². The number of benzene rings is 9. The minimum Gasteiger partial charge on any atom is -0.456 e. The number of nitrogens with zero attached hydrogens (tertiary/aromatic N) is 1. The van der Waals surface area contributed by atoms with Gasteiger partial charge in [-0.3, -0.25) is 0 Å². The van der Waals surface area contributed by atoms with Crippen LogP contribution >= 0.6 is 0 Å². The Labute approximate surface area is 348 Å². The van der Waals surface area contributed by atoms with E-state index in [1.807, 2.05) is 6.07 Å². The zero-order valence-electron chi connectivity index (χ0n) is 33.3. The van der Waals surface area contributed by atoms with Gasteiger partial charge in [-0.15, -0.1) is 0 Å². The minimum atomic E-state index is -0.130. The van der Waals surface area contributed by atoms with Crippen molar-refractivity contribution < 1.29 is 8.83 Å². The number of anilines is 3. The Hall–Kier alpha value is -7.62. The molecule has 3 nitrogen and oxygen atoms in total. The van der Waals surface area contributed by atoms with Gasteiger partial charge in [-0.1, -0.05) is 147 Å². The smallest absolute Gasteiger partial charge is 0.137 e. The van der Waals surface area contributed by atoms with E-state index in [4.69, 9.17) is 8.83 Å². The second-order valence-corrected chi connectivity index (χ2v) is 16.5. The lowest BCUT2D eigenvalue weighted by Crippen LogP contribution is -2.16. The molecule has 0 fully saturated rings. The van der Waals surface area contributed by atoms with Crippen molar-refractivity contribution in [2.24, 2.45) is 0 Å². The van der Waals surface area contributed by atoms with Crippen LogP contribution in [0.25, 0.3) is 88.4 Å². The molecule has 11 aromatic rings. The van der Waals surface area contributed by atoms with E-state index in [1.54, 1.807) is 0 Å². The van der Waals surface area contributed by atoms with Crippen molar-refractivity contribution >= 4 is 60.9 Å². The standard InChI is InChI=1S/C57H39NO2/c1-57(2)51-16-10-9-15-45(51)46-28-26-43(32-52(46)57)58(42-24-21-40(22-25-42)39-19-17-38(18-20-39)36-11-5-3-6-12-36)44-27-29-47-49-34-56-50(35-55(49)60-54(47)33-44)48-31-41(23-30-53(48)59-56)37-13-7-4-8-14-37/h3-35H,1-2H3. The summed E-state index contributed by atoms with van der Waals surface area (Å²) < 4.78 is 13.2. The number of rotatable bonds is 6. The highest BCUT2D eigenvalue weighted by Crippen LogP contribution is 2.51. The van der Waals surface area contributed by atoms with E-state index in [2.05, 4.69) is 213 Å². The summed E-state index contributed by atoms with van der Waals surface area (Å²) in [5, 5.41) is 4.23. The maximum atomic E-state index is 6.76. The lowest BCUT2D eigenvalue weighted by Gasteiger charge is -2.28. The molecule has 0 radical (unpaired) electrons. The second kappa shape index (κ2) is 13.2. The fraction of sp³-hybridized carbons (Fsp3) is 0.0526. The Morgan fingerprint density at radius 1 is 0.317 bits per heavy atom. The average molecular weight is 770 g/mol. The molecule has 0 amide bonds. The van der Waals surface area contributed by atoms with Gasteiger partial charge in [-0.05, 0) is 116 Å². The van der Waals surface area contributed by atoms with Crippen LogP contribution in [0, 0.1) is 0 Å². The Kier molecular flexibility index (Phi) is 7.58. The van der Waals surface area contributed by atoms with Gasteiger partial charge >= 0.3 is 0 Å². The van der Waals surface area contributed by atoms with Crippen LogP contribution in [0.2, 0.25) is 0 Å². The molecule has 0 atom stereocenters. The van der Waals surface area contributed by atoms with Gasteiger partial charge in [0.1, 0.15) is 22.3 Å². The zero-order valence-corrected chi connectivity index (χ0v) is 33.3. The molecule has 0 unspecified atom stereocenters. The Balaban J connectivity index is 0.967. The van der Waals surface area contributed by atoms with E-state index in [-0.39, 0.29) is 5.41 Å². The summed E-state index contributed by atoms with van der Waals surface area (Å²) in [7, 11) is 0. The molecular weight excluding hydrogens is 731 g/mol. The molecule has 9 aromatic carbocycles. The first-order valence-corrected chi connectivity index (χ1v) is 20.6. The maximum absolute atomic E-state index is 6.76. The molecule has 0 saturated heterocycles.